The van der Waals surface area contributed by atoms with Gasteiger partial charge >= 0.3 is 0 Å². The lowest BCUT2D eigenvalue weighted by atomic mass is 10.1. The number of rotatable bonds is 9. The zero-order valence-electron chi connectivity index (χ0n) is 15.7. The Morgan fingerprint density at radius 2 is 2.28 bits per heavy atom. The predicted octanol–water partition coefficient (Wildman–Crippen LogP) is 2.15. The van der Waals surface area contributed by atoms with Crippen LogP contribution in [0.1, 0.15) is 18.4 Å². The molecule has 1 aliphatic rings. The predicted molar refractivity (Wildman–Crippen MR) is 100 cm³/mol. The monoisotopic (exact) mass is 349 g/mol. The summed E-state index contributed by atoms with van der Waals surface area (Å²) >= 11 is 0. The Bertz CT molecular complexity index is 530. The summed E-state index contributed by atoms with van der Waals surface area (Å²) in [5.41, 5.74) is 1.17. The molecule has 1 unspecified atom stereocenters. The third-order valence-electron chi connectivity index (χ3n) is 4.24. The summed E-state index contributed by atoms with van der Waals surface area (Å²) in [7, 11) is 5.60. The number of ether oxygens (including phenoxy) is 3. The fourth-order valence-corrected chi connectivity index (χ4v) is 2.91. The summed E-state index contributed by atoms with van der Waals surface area (Å²) in [5, 5.41) is 3.42. The number of benzene rings is 1. The van der Waals surface area contributed by atoms with Crippen molar-refractivity contribution in [2.24, 2.45) is 10.9 Å². The molecule has 2 rings (SSSR count). The highest BCUT2D eigenvalue weighted by atomic mass is 16.5. The Kier molecular flexibility index (Phi) is 8.55. The number of nitrogens with zero attached hydrogens (tertiary/aromatic N) is 2. The average Bonchev–Trinajstić information content (AvgIpc) is 3.13. The van der Waals surface area contributed by atoms with E-state index in [-0.39, 0.29) is 0 Å². The second kappa shape index (κ2) is 10.9. The number of hydrogen-bond donors (Lipinski definition) is 1. The highest BCUT2D eigenvalue weighted by Gasteiger charge is 2.18. The highest BCUT2D eigenvalue weighted by molar-refractivity contribution is 5.79. The molecular weight excluding hydrogens is 318 g/mol. The summed E-state index contributed by atoms with van der Waals surface area (Å²) in [6.45, 7) is 4.79. The number of nitrogens with one attached hydrogen (secondary N) is 1. The van der Waals surface area contributed by atoms with Crippen molar-refractivity contribution < 1.29 is 14.2 Å². The number of methoxy groups -OCH3 is 1. The zero-order chi connectivity index (χ0) is 17.9. The number of aliphatic imine (C=N–C) groups is 1. The Morgan fingerprint density at radius 3 is 3.00 bits per heavy atom. The molecule has 140 valence electrons. The standard InChI is InChI=1S/C19H31N3O3/c1-20-19(22(2)14-17-8-11-24-15-17)21-13-16-6-4-7-18(12-16)25-10-5-9-23-3/h4,6-7,12,17H,5,8-11,13-15H2,1-3H3,(H,20,21). The quantitative estimate of drug-likeness (QED) is 0.421. The molecule has 1 saturated heterocycles. The van der Waals surface area contributed by atoms with Gasteiger partial charge in [-0.25, -0.2) is 0 Å². The van der Waals surface area contributed by atoms with Crippen LogP contribution >= 0.6 is 0 Å². The first-order valence-electron chi connectivity index (χ1n) is 8.93. The van der Waals surface area contributed by atoms with Gasteiger partial charge in [0.1, 0.15) is 5.75 Å². The van der Waals surface area contributed by atoms with Gasteiger partial charge in [-0.15, -0.1) is 0 Å². The molecule has 0 radical (unpaired) electrons. The topological polar surface area (TPSA) is 55.3 Å². The summed E-state index contributed by atoms with van der Waals surface area (Å²) in [4.78, 5) is 6.55. The summed E-state index contributed by atoms with van der Waals surface area (Å²) in [5.74, 6) is 2.38. The lowest BCUT2D eigenvalue weighted by Gasteiger charge is -2.24. The third-order valence-corrected chi connectivity index (χ3v) is 4.24. The van der Waals surface area contributed by atoms with E-state index in [1.54, 1.807) is 7.11 Å². The molecule has 25 heavy (non-hydrogen) atoms. The maximum absolute atomic E-state index is 5.76. The first-order chi connectivity index (χ1) is 12.2. The molecule has 1 fully saturated rings. The van der Waals surface area contributed by atoms with Crippen LogP contribution in [0.3, 0.4) is 0 Å². The molecule has 0 aliphatic carbocycles. The smallest absolute Gasteiger partial charge is 0.193 e. The van der Waals surface area contributed by atoms with Gasteiger partial charge in [-0.3, -0.25) is 4.99 Å². The van der Waals surface area contributed by atoms with E-state index in [0.717, 1.165) is 50.9 Å². The van der Waals surface area contributed by atoms with E-state index in [0.29, 0.717) is 19.1 Å². The number of hydrogen-bond acceptors (Lipinski definition) is 4. The van der Waals surface area contributed by atoms with Crippen molar-refractivity contribution in [3.63, 3.8) is 0 Å². The Balaban J connectivity index is 1.79. The Labute approximate surface area is 151 Å². The molecule has 0 spiro atoms. The van der Waals surface area contributed by atoms with Gasteiger partial charge in [0, 0.05) is 59.8 Å². The molecule has 6 heteroatoms. The van der Waals surface area contributed by atoms with Gasteiger partial charge in [-0.2, -0.15) is 0 Å². The molecule has 6 nitrogen and oxygen atoms in total. The summed E-state index contributed by atoms with van der Waals surface area (Å²) in [6, 6.07) is 8.16. The highest BCUT2D eigenvalue weighted by Crippen LogP contribution is 2.15. The van der Waals surface area contributed by atoms with Crippen molar-refractivity contribution in [3.8, 4) is 5.75 Å². The molecule has 1 aliphatic heterocycles. The fourth-order valence-electron chi connectivity index (χ4n) is 2.91. The molecule has 0 bridgehead atoms. The van der Waals surface area contributed by atoms with Crippen LogP contribution in [0, 0.1) is 5.92 Å². The van der Waals surface area contributed by atoms with Crippen LogP contribution in [0.4, 0.5) is 0 Å². The van der Waals surface area contributed by atoms with Crippen LogP contribution in [0.15, 0.2) is 29.3 Å². The summed E-state index contributed by atoms with van der Waals surface area (Å²) < 4.78 is 16.2. The SMILES string of the molecule is CN=C(NCc1cccc(OCCCOC)c1)N(C)CC1CCOC1. The lowest BCUT2D eigenvalue weighted by Crippen LogP contribution is -2.41. The maximum Gasteiger partial charge on any atom is 0.193 e. The molecule has 0 amide bonds. The van der Waals surface area contributed by atoms with Gasteiger partial charge in [0.05, 0.1) is 13.2 Å². The van der Waals surface area contributed by atoms with Gasteiger partial charge in [-0.1, -0.05) is 12.1 Å². The second-order valence-corrected chi connectivity index (χ2v) is 6.35. The van der Waals surface area contributed by atoms with Crippen molar-refractivity contribution in [3.05, 3.63) is 29.8 Å². The van der Waals surface area contributed by atoms with Crippen LogP contribution in [-0.4, -0.2) is 65.0 Å². The van der Waals surface area contributed by atoms with Gasteiger partial charge in [0.2, 0.25) is 0 Å². The van der Waals surface area contributed by atoms with Crippen molar-refractivity contribution in [2.75, 3.05) is 54.2 Å². The minimum Gasteiger partial charge on any atom is -0.493 e. The average molecular weight is 349 g/mol. The molecule has 0 aromatic heterocycles. The van der Waals surface area contributed by atoms with Gasteiger partial charge in [0.15, 0.2) is 5.96 Å². The van der Waals surface area contributed by atoms with Crippen LogP contribution in [0.2, 0.25) is 0 Å². The van der Waals surface area contributed by atoms with E-state index in [1.807, 2.05) is 19.2 Å². The molecular formula is C19H31N3O3. The van der Waals surface area contributed by atoms with Crippen molar-refractivity contribution in [1.29, 1.82) is 0 Å². The molecule has 1 heterocycles. The Hall–Kier alpha value is -1.79. The molecule has 1 atom stereocenters. The van der Waals surface area contributed by atoms with E-state index in [2.05, 4.69) is 34.4 Å². The van der Waals surface area contributed by atoms with Crippen LogP contribution in [0.5, 0.6) is 5.75 Å². The van der Waals surface area contributed by atoms with E-state index in [4.69, 9.17) is 14.2 Å². The van der Waals surface area contributed by atoms with Gasteiger partial charge in [0.25, 0.3) is 0 Å². The minimum absolute atomic E-state index is 0.590. The van der Waals surface area contributed by atoms with E-state index in [9.17, 15) is 0 Å². The Morgan fingerprint density at radius 1 is 1.40 bits per heavy atom. The van der Waals surface area contributed by atoms with Crippen molar-refractivity contribution in [2.45, 2.75) is 19.4 Å². The molecule has 0 saturated carbocycles. The van der Waals surface area contributed by atoms with Gasteiger partial charge in [-0.05, 0) is 24.1 Å². The molecule has 1 aromatic carbocycles. The minimum atomic E-state index is 0.590. The second-order valence-electron chi connectivity index (χ2n) is 6.35. The molecule has 1 N–H and O–H groups in total. The van der Waals surface area contributed by atoms with E-state index >= 15 is 0 Å². The van der Waals surface area contributed by atoms with E-state index < -0.39 is 0 Å². The normalized spacial score (nSPS) is 17.6. The number of guanidine groups is 1. The third kappa shape index (κ3) is 6.92. The van der Waals surface area contributed by atoms with E-state index in [1.165, 1.54) is 5.56 Å². The van der Waals surface area contributed by atoms with Crippen molar-refractivity contribution >= 4 is 5.96 Å². The van der Waals surface area contributed by atoms with Crippen LogP contribution in [0.25, 0.3) is 0 Å². The lowest BCUT2D eigenvalue weighted by molar-refractivity contribution is 0.172. The molecule has 1 aromatic rings. The fraction of sp³-hybridized carbons (Fsp3) is 0.632. The van der Waals surface area contributed by atoms with Crippen LogP contribution < -0.4 is 10.1 Å². The largest absolute Gasteiger partial charge is 0.493 e. The summed E-state index contributed by atoms with van der Waals surface area (Å²) in [6.07, 6.45) is 2.02. The first-order valence-corrected chi connectivity index (χ1v) is 8.93. The maximum atomic E-state index is 5.76. The first kappa shape index (κ1) is 19.5. The van der Waals surface area contributed by atoms with Crippen molar-refractivity contribution in [1.82, 2.24) is 10.2 Å². The van der Waals surface area contributed by atoms with Crippen LogP contribution in [-0.2, 0) is 16.0 Å². The zero-order valence-corrected chi connectivity index (χ0v) is 15.7. The van der Waals surface area contributed by atoms with Gasteiger partial charge < -0.3 is 24.4 Å².